The van der Waals surface area contributed by atoms with Crippen LogP contribution in [0.1, 0.15) is 25.3 Å². The van der Waals surface area contributed by atoms with E-state index in [0.717, 1.165) is 12.0 Å². The fraction of sp³-hybridized carbons (Fsp3) is 0.500. The lowest BCUT2D eigenvalue weighted by Crippen LogP contribution is -2.35. The Morgan fingerprint density at radius 1 is 1.44 bits per heavy atom. The molecule has 1 rings (SSSR count). The predicted molar refractivity (Wildman–Crippen MR) is 65.6 cm³/mol. The first kappa shape index (κ1) is 13.6. The van der Waals surface area contributed by atoms with Crippen molar-refractivity contribution < 1.29 is 8.78 Å². The van der Waals surface area contributed by atoms with Crippen molar-refractivity contribution in [1.29, 1.82) is 0 Å². The molecule has 0 aromatic heterocycles. The molecule has 16 heavy (non-hydrogen) atoms. The Balaban J connectivity index is 2.85. The number of hydrogen-bond acceptors (Lipinski definition) is 1. The fourth-order valence-corrected chi connectivity index (χ4v) is 2.21. The molecule has 0 heterocycles. The number of benzene rings is 1. The van der Waals surface area contributed by atoms with Crippen LogP contribution in [-0.4, -0.2) is 12.2 Å². The first-order valence-corrected chi connectivity index (χ1v) is 6.13. The molecule has 0 radical (unpaired) electrons. The fourth-order valence-electron chi connectivity index (χ4n) is 1.72. The quantitative estimate of drug-likeness (QED) is 0.881. The van der Waals surface area contributed by atoms with Crippen LogP contribution in [0.3, 0.4) is 0 Å². The van der Waals surface area contributed by atoms with Gasteiger partial charge in [-0.2, -0.15) is 0 Å². The highest BCUT2D eigenvalue weighted by molar-refractivity contribution is 9.10. The van der Waals surface area contributed by atoms with E-state index in [2.05, 4.69) is 15.9 Å². The smallest absolute Gasteiger partial charge is 0.127 e. The van der Waals surface area contributed by atoms with E-state index in [4.69, 9.17) is 5.73 Å². The molecule has 1 nitrogen and oxygen atoms in total. The Morgan fingerprint density at radius 2 is 2.12 bits per heavy atom. The summed E-state index contributed by atoms with van der Waals surface area (Å²) in [5.74, 6) is -0.330. The molecule has 0 aliphatic rings. The van der Waals surface area contributed by atoms with Gasteiger partial charge in [0, 0.05) is 17.4 Å². The summed E-state index contributed by atoms with van der Waals surface area (Å²) in [5, 5.41) is 0. The Labute approximate surface area is 103 Å². The molecule has 90 valence electrons. The van der Waals surface area contributed by atoms with Crippen LogP contribution in [0.5, 0.6) is 0 Å². The van der Waals surface area contributed by atoms with Crippen LogP contribution in [0.2, 0.25) is 0 Å². The van der Waals surface area contributed by atoms with Crippen LogP contribution in [0.15, 0.2) is 22.7 Å². The van der Waals surface area contributed by atoms with Gasteiger partial charge in [-0.05, 0) is 24.1 Å². The number of halogens is 3. The van der Waals surface area contributed by atoms with Gasteiger partial charge in [0.25, 0.3) is 0 Å². The summed E-state index contributed by atoms with van der Waals surface area (Å²) in [4.78, 5) is 0. The van der Waals surface area contributed by atoms with Crippen molar-refractivity contribution in [3.05, 3.63) is 34.1 Å². The molecule has 1 aromatic carbocycles. The molecule has 0 saturated heterocycles. The van der Waals surface area contributed by atoms with Gasteiger partial charge < -0.3 is 5.73 Å². The zero-order valence-corrected chi connectivity index (χ0v) is 10.9. The third-order valence-electron chi connectivity index (χ3n) is 2.59. The molecule has 0 fully saturated rings. The first-order chi connectivity index (χ1) is 7.50. The van der Waals surface area contributed by atoms with Crippen LogP contribution >= 0.6 is 15.9 Å². The van der Waals surface area contributed by atoms with Gasteiger partial charge in [0.15, 0.2) is 0 Å². The highest BCUT2D eigenvalue weighted by Crippen LogP contribution is 2.27. The average Bonchev–Trinajstić information content (AvgIpc) is 2.23. The molecule has 0 bridgehead atoms. The maximum Gasteiger partial charge on any atom is 0.127 e. The van der Waals surface area contributed by atoms with Crippen molar-refractivity contribution in [3.63, 3.8) is 0 Å². The van der Waals surface area contributed by atoms with Crippen LogP contribution in [0.4, 0.5) is 8.78 Å². The minimum Gasteiger partial charge on any atom is -0.328 e. The third-order valence-corrected chi connectivity index (χ3v) is 3.32. The molecule has 4 heteroatoms. The van der Waals surface area contributed by atoms with Gasteiger partial charge in [-0.3, -0.25) is 0 Å². The molecule has 0 aliphatic heterocycles. The normalized spacial score (nSPS) is 14.8. The lowest BCUT2D eigenvalue weighted by atomic mass is 9.92. The second-order valence-corrected chi connectivity index (χ2v) is 4.87. The average molecular weight is 292 g/mol. The Morgan fingerprint density at radius 3 is 2.62 bits per heavy atom. The number of rotatable bonds is 5. The van der Waals surface area contributed by atoms with E-state index >= 15 is 0 Å². The van der Waals surface area contributed by atoms with Crippen molar-refractivity contribution in [3.8, 4) is 0 Å². The van der Waals surface area contributed by atoms with Gasteiger partial charge >= 0.3 is 0 Å². The molecule has 1 atom stereocenters. The van der Waals surface area contributed by atoms with E-state index in [-0.39, 0.29) is 18.8 Å². The van der Waals surface area contributed by atoms with Crippen molar-refractivity contribution >= 4 is 15.9 Å². The molecule has 0 amide bonds. The van der Waals surface area contributed by atoms with Crippen LogP contribution in [-0.2, 0) is 6.42 Å². The number of nitrogens with two attached hydrogens (primary N) is 1. The summed E-state index contributed by atoms with van der Waals surface area (Å²) in [5.41, 5.74) is 4.82. The summed E-state index contributed by atoms with van der Waals surface area (Å²) in [7, 11) is 0. The highest BCUT2D eigenvalue weighted by Gasteiger charge is 2.27. The lowest BCUT2D eigenvalue weighted by molar-refractivity contribution is 0.158. The molecular formula is C12H16BrF2N. The highest BCUT2D eigenvalue weighted by atomic mass is 79.9. The predicted octanol–water partition coefficient (Wildman–Crippen LogP) is 3.60. The van der Waals surface area contributed by atoms with Crippen molar-refractivity contribution in [1.82, 2.24) is 0 Å². The minimum atomic E-state index is -1.39. The molecule has 1 aromatic rings. The molecule has 0 aliphatic carbocycles. The van der Waals surface area contributed by atoms with Crippen LogP contribution in [0, 0.1) is 5.82 Å². The molecule has 2 N–H and O–H groups in total. The van der Waals surface area contributed by atoms with Crippen molar-refractivity contribution in [2.75, 3.05) is 6.54 Å². The second kappa shape index (κ2) is 5.73. The van der Waals surface area contributed by atoms with Crippen molar-refractivity contribution in [2.45, 2.75) is 31.9 Å². The van der Waals surface area contributed by atoms with Gasteiger partial charge in [0.1, 0.15) is 11.5 Å². The zero-order chi connectivity index (χ0) is 12.2. The largest absolute Gasteiger partial charge is 0.328 e. The topological polar surface area (TPSA) is 26.0 Å². The van der Waals surface area contributed by atoms with Gasteiger partial charge in [0.2, 0.25) is 0 Å². The van der Waals surface area contributed by atoms with E-state index < -0.39 is 5.67 Å². The van der Waals surface area contributed by atoms with E-state index in [1.165, 1.54) is 12.1 Å². The van der Waals surface area contributed by atoms with Crippen molar-refractivity contribution in [2.24, 2.45) is 5.73 Å². The lowest BCUT2D eigenvalue weighted by Gasteiger charge is -2.23. The Hall–Kier alpha value is -0.480. The summed E-state index contributed by atoms with van der Waals surface area (Å²) >= 11 is 3.23. The van der Waals surface area contributed by atoms with E-state index in [0.29, 0.717) is 10.9 Å². The number of alkyl halides is 1. The van der Waals surface area contributed by atoms with Gasteiger partial charge in [-0.15, -0.1) is 0 Å². The van der Waals surface area contributed by atoms with Gasteiger partial charge in [-0.1, -0.05) is 35.3 Å². The molecular weight excluding hydrogens is 276 g/mol. The SMILES string of the molecule is CCCC(F)(CN)Cc1ccc(F)cc1Br. The summed E-state index contributed by atoms with van der Waals surface area (Å²) < 4.78 is 27.7. The van der Waals surface area contributed by atoms with Gasteiger partial charge in [-0.25, -0.2) is 8.78 Å². The maximum atomic E-state index is 14.2. The first-order valence-electron chi connectivity index (χ1n) is 5.33. The Kier molecular flexibility index (Phi) is 4.87. The van der Waals surface area contributed by atoms with E-state index in [1.807, 2.05) is 6.92 Å². The Bertz CT molecular complexity index is 357. The monoisotopic (exact) mass is 291 g/mol. The molecule has 0 spiro atoms. The van der Waals surface area contributed by atoms with E-state index in [9.17, 15) is 8.78 Å². The third kappa shape index (κ3) is 3.52. The summed E-state index contributed by atoms with van der Waals surface area (Å²) in [6.07, 6.45) is 1.39. The molecule has 1 unspecified atom stereocenters. The number of hydrogen-bond donors (Lipinski definition) is 1. The summed E-state index contributed by atoms with van der Waals surface area (Å²) in [6.45, 7) is 1.91. The zero-order valence-electron chi connectivity index (χ0n) is 9.27. The minimum absolute atomic E-state index is 0.00927. The van der Waals surface area contributed by atoms with E-state index in [1.54, 1.807) is 6.07 Å². The molecule has 0 saturated carbocycles. The van der Waals surface area contributed by atoms with Gasteiger partial charge in [0.05, 0.1) is 0 Å². The van der Waals surface area contributed by atoms with Crippen LogP contribution < -0.4 is 5.73 Å². The maximum absolute atomic E-state index is 14.2. The standard InChI is InChI=1S/C12H16BrF2N/c1-2-5-12(15,8-16)7-9-3-4-10(14)6-11(9)13/h3-4,6H,2,5,7-8,16H2,1H3. The van der Waals surface area contributed by atoms with Crippen LogP contribution in [0.25, 0.3) is 0 Å². The summed E-state index contributed by atoms with van der Waals surface area (Å²) in [6, 6.07) is 4.28. The second-order valence-electron chi connectivity index (χ2n) is 4.02.